The van der Waals surface area contributed by atoms with E-state index in [9.17, 15) is 13.6 Å². The number of nitrogens with zero attached hydrogens (tertiary/aromatic N) is 4. The molecule has 0 fully saturated rings. The second kappa shape index (κ2) is 11.8. The van der Waals surface area contributed by atoms with Crippen molar-refractivity contribution in [2.45, 2.75) is 57.5 Å². The Labute approximate surface area is 180 Å². The topological polar surface area (TPSA) is 72.3 Å². The van der Waals surface area contributed by atoms with Crippen LogP contribution in [0.25, 0.3) is 0 Å². The molecule has 1 heterocycles. The third-order valence-electron chi connectivity index (χ3n) is 4.48. The highest BCUT2D eigenvalue weighted by Gasteiger charge is 2.22. The number of rotatable bonds is 12. The van der Waals surface area contributed by atoms with Gasteiger partial charge in [0.1, 0.15) is 5.75 Å². The summed E-state index contributed by atoms with van der Waals surface area (Å²) >= 11 is 1.33. The van der Waals surface area contributed by atoms with E-state index >= 15 is 0 Å². The van der Waals surface area contributed by atoms with E-state index in [2.05, 4.69) is 43.6 Å². The molecule has 30 heavy (non-hydrogen) atoms. The lowest BCUT2D eigenvalue weighted by Crippen LogP contribution is -2.23. The summed E-state index contributed by atoms with van der Waals surface area (Å²) in [5.74, 6) is 0.903. The van der Waals surface area contributed by atoms with Crippen LogP contribution in [-0.2, 0) is 11.3 Å². The van der Waals surface area contributed by atoms with Crippen LogP contribution in [-0.4, -0.2) is 52.0 Å². The molecular formula is C20H29F2N5O2S. The molecule has 1 aromatic carbocycles. The predicted molar refractivity (Wildman–Crippen MR) is 114 cm³/mol. The van der Waals surface area contributed by atoms with Crippen LogP contribution in [0.3, 0.4) is 0 Å². The summed E-state index contributed by atoms with van der Waals surface area (Å²) < 4.78 is 30.8. The molecule has 1 atom stereocenters. The molecule has 1 N–H and O–H groups in total. The van der Waals surface area contributed by atoms with E-state index in [0.717, 1.165) is 36.8 Å². The fourth-order valence-corrected chi connectivity index (χ4v) is 3.78. The molecule has 2 rings (SSSR count). The van der Waals surface area contributed by atoms with Gasteiger partial charge in [-0.3, -0.25) is 9.69 Å². The van der Waals surface area contributed by atoms with E-state index in [1.54, 1.807) is 0 Å². The molecule has 0 aliphatic carbocycles. The summed E-state index contributed by atoms with van der Waals surface area (Å²) in [7, 11) is 4.04. The van der Waals surface area contributed by atoms with Gasteiger partial charge in [0.2, 0.25) is 5.91 Å². The number of anilines is 1. The first kappa shape index (κ1) is 24.1. The van der Waals surface area contributed by atoms with Crippen molar-refractivity contribution in [3.05, 3.63) is 30.1 Å². The van der Waals surface area contributed by atoms with Crippen LogP contribution in [0.2, 0.25) is 0 Å². The lowest BCUT2D eigenvalue weighted by molar-refractivity contribution is -0.113. The van der Waals surface area contributed by atoms with Crippen molar-refractivity contribution in [1.29, 1.82) is 0 Å². The molecule has 7 nitrogen and oxygen atoms in total. The third-order valence-corrected chi connectivity index (χ3v) is 5.45. The van der Waals surface area contributed by atoms with Crippen molar-refractivity contribution in [1.82, 2.24) is 19.7 Å². The molecule has 0 unspecified atom stereocenters. The molecule has 0 radical (unpaired) electrons. The number of benzene rings is 1. The first-order valence-corrected chi connectivity index (χ1v) is 10.9. The number of ether oxygens (including phenoxy) is 1. The molecule has 0 bridgehead atoms. The maximum absolute atomic E-state index is 12.3. The summed E-state index contributed by atoms with van der Waals surface area (Å²) in [6.07, 6.45) is 2.96. The number of amides is 1. The molecule has 10 heteroatoms. The van der Waals surface area contributed by atoms with Crippen molar-refractivity contribution < 1.29 is 18.3 Å². The fraction of sp³-hybridized carbons (Fsp3) is 0.550. The molecule has 0 aliphatic heterocycles. The normalized spacial score (nSPS) is 12.4. The number of carbonyl (C=O) groups excluding carboxylic acids is 1. The van der Waals surface area contributed by atoms with Crippen molar-refractivity contribution in [2.24, 2.45) is 0 Å². The van der Waals surface area contributed by atoms with E-state index < -0.39 is 6.61 Å². The Balaban J connectivity index is 2.01. The lowest BCUT2D eigenvalue weighted by atomic mass is 10.2. The van der Waals surface area contributed by atoms with Gasteiger partial charge in [-0.25, -0.2) is 0 Å². The van der Waals surface area contributed by atoms with Gasteiger partial charge in [0.05, 0.1) is 11.8 Å². The molecule has 0 saturated carbocycles. The molecule has 1 amide bonds. The van der Waals surface area contributed by atoms with E-state index in [1.165, 1.54) is 36.0 Å². The zero-order valence-electron chi connectivity index (χ0n) is 17.8. The zero-order valence-corrected chi connectivity index (χ0v) is 18.6. The van der Waals surface area contributed by atoms with Crippen LogP contribution >= 0.6 is 11.8 Å². The number of nitrogens with one attached hydrogen (secondary N) is 1. The largest absolute Gasteiger partial charge is 0.435 e. The molecule has 0 aliphatic rings. The van der Waals surface area contributed by atoms with Gasteiger partial charge in [-0.15, -0.1) is 10.2 Å². The quantitative estimate of drug-likeness (QED) is 0.492. The highest BCUT2D eigenvalue weighted by molar-refractivity contribution is 7.99. The van der Waals surface area contributed by atoms with E-state index in [0.29, 0.717) is 5.69 Å². The van der Waals surface area contributed by atoms with Gasteiger partial charge >= 0.3 is 6.61 Å². The maximum atomic E-state index is 12.3. The van der Waals surface area contributed by atoms with Gasteiger partial charge in [-0.1, -0.05) is 32.0 Å². The van der Waals surface area contributed by atoms with Gasteiger partial charge in [-0.05, 0) is 51.2 Å². The Morgan fingerprint density at radius 2 is 1.93 bits per heavy atom. The molecule has 166 valence electrons. The van der Waals surface area contributed by atoms with Crippen LogP contribution in [0.15, 0.2) is 29.4 Å². The van der Waals surface area contributed by atoms with Crippen molar-refractivity contribution >= 4 is 23.4 Å². The average molecular weight is 442 g/mol. The second-order valence-electron chi connectivity index (χ2n) is 6.97. The number of unbranched alkanes of at least 4 members (excludes halogenated alkanes) is 1. The van der Waals surface area contributed by atoms with E-state index in [-0.39, 0.29) is 23.5 Å². The standard InChI is InChI=1S/C20H29F2N5O2S/c1-5-7-12-27-18(16(6-2)26(3)4)24-25-20(27)30-13-17(28)23-14-8-10-15(11-9-14)29-19(21)22/h8-11,16,19H,5-7,12-13H2,1-4H3,(H,23,28)/t16-/m1/s1. The van der Waals surface area contributed by atoms with Crippen LogP contribution in [0.5, 0.6) is 5.75 Å². The number of carbonyl (C=O) groups is 1. The van der Waals surface area contributed by atoms with Gasteiger partial charge in [-0.2, -0.15) is 8.78 Å². The second-order valence-corrected chi connectivity index (χ2v) is 7.92. The number of thioether (sulfide) groups is 1. The first-order valence-electron chi connectivity index (χ1n) is 9.92. The molecular weight excluding hydrogens is 412 g/mol. The number of hydrogen-bond acceptors (Lipinski definition) is 6. The molecule has 2 aromatic rings. The summed E-state index contributed by atoms with van der Waals surface area (Å²) in [6.45, 7) is 2.17. The van der Waals surface area contributed by atoms with Gasteiger partial charge < -0.3 is 14.6 Å². The summed E-state index contributed by atoms with van der Waals surface area (Å²) in [5.41, 5.74) is 0.508. The Bertz CT molecular complexity index is 799. The minimum absolute atomic E-state index is 0.0419. The van der Waals surface area contributed by atoms with Gasteiger partial charge in [0.25, 0.3) is 0 Å². The molecule has 1 aromatic heterocycles. The highest BCUT2D eigenvalue weighted by atomic mass is 32.2. The minimum Gasteiger partial charge on any atom is -0.435 e. The Morgan fingerprint density at radius 1 is 1.23 bits per heavy atom. The van der Waals surface area contributed by atoms with Crippen LogP contribution in [0, 0.1) is 0 Å². The van der Waals surface area contributed by atoms with Crippen molar-refractivity contribution in [2.75, 3.05) is 25.2 Å². The van der Waals surface area contributed by atoms with E-state index in [1.807, 2.05) is 14.1 Å². The Kier molecular flexibility index (Phi) is 9.51. The number of halogens is 2. The predicted octanol–water partition coefficient (Wildman–Crippen LogP) is 4.42. The monoisotopic (exact) mass is 441 g/mol. The van der Waals surface area contributed by atoms with Crippen molar-refractivity contribution in [3.63, 3.8) is 0 Å². The van der Waals surface area contributed by atoms with Crippen LogP contribution < -0.4 is 10.1 Å². The zero-order chi connectivity index (χ0) is 22.1. The maximum Gasteiger partial charge on any atom is 0.387 e. The smallest absolute Gasteiger partial charge is 0.387 e. The summed E-state index contributed by atoms with van der Waals surface area (Å²) in [4.78, 5) is 14.5. The highest BCUT2D eigenvalue weighted by Crippen LogP contribution is 2.26. The van der Waals surface area contributed by atoms with Crippen molar-refractivity contribution in [3.8, 4) is 5.75 Å². The lowest BCUT2D eigenvalue weighted by Gasteiger charge is -2.23. The van der Waals surface area contributed by atoms with E-state index in [4.69, 9.17) is 0 Å². The average Bonchev–Trinajstić information content (AvgIpc) is 3.08. The number of aromatic nitrogens is 3. The van der Waals surface area contributed by atoms with Gasteiger partial charge in [0, 0.05) is 12.2 Å². The molecule has 0 spiro atoms. The summed E-state index contributed by atoms with van der Waals surface area (Å²) in [5, 5.41) is 12.2. The first-order chi connectivity index (χ1) is 14.3. The molecule has 0 saturated heterocycles. The fourth-order valence-electron chi connectivity index (χ4n) is 3.01. The Hall–Kier alpha value is -2.20. The van der Waals surface area contributed by atoms with Crippen LogP contribution in [0.1, 0.15) is 45.0 Å². The SMILES string of the molecule is CCCCn1c(SCC(=O)Nc2ccc(OC(F)F)cc2)nnc1[C@@H](CC)N(C)C. The van der Waals surface area contributed by atoms with Gasteiger partial charge in [0.15, 0.2) is 11.0 Å². The third kappa shape index (κ3) is 6.94. The summed E-state index contributed by atoms with van der Waals surface area (Å²) in [6, 6.07) is 5.96. The van der Waals surface area contributed by atoms with Crippen LogP contribution in [0.4, 0.5) is 14.5 Å². The Morgan fingerprint density at radius 3 is 2.50 bits per heavy atom. The number of alkyl halides is 2. The number of hydrogen-bond donors (Lipinski definition) is 1. The minimum atomic E-state index is -2.88.